The van der Waals surface area contributed by atoms with Crippen LogP contribution in [0.15, 0.2) is 53.1 Å². The first kappa shape index (κ1) is 18.8. The average molecular weight is 395 g/mol. The summed E-state index contributed by atoms with van der Waals surface area (Å²) >= 11 is 0. The Bertz CT molecular complexity index is 1030. The number of benzene rings is 2. The number of primary amides is 1. The molecule has 0 bridgehead atoms. The number of fused-ring (bicyclic) bond motifs is 1. The van der Waals surface area contributed by atoms with E-state index in [9.17, 15) is 9.59 Å². The Hall–Kier alpha value is -3.55. The summed E-state index contributed by atoms with van der Waals surface area (Å²) < 4.78 is 16.1. The number of carbonyl (C=O) groups excluding carboxylic acids is 2. The highest BCUT2D eigenvalue weighted by molar-refractivity contribution is 5.90. The third kappa shape index (κ3) is 4.48. The molecule has 1 aromatic heterocycles. The van der Waals surface area contributed by atoms with E-state index < -0.39 is 12.0 Å². The molecule has 2 heterocycles. The number of ether oxygens (including phenoxy) is 2. The van der Waals surface area contributed by atoms with E-state index in [4.69, 9.17) is 19.7 Å². The van der Waals surface area contributed by atoms with Gasteiger partial charge in [-0.15, -0.1) is 0 Å². The fourth-order valence-electron chi connectivity index (χ4n) is 3.33. The van der Waals surface area contributed by atoms with Crippen LogP contribution in [-0.4, -0.2) is 41.8 Å². The van der Waals surface area contributed by atoms with Gasteiger partial charge in [-0.25, -0.2) is 4.79 Å². The first-order chi connectivity index (χ1) is 14.1. The zero-order valence-corrected chi connectivity index (χ0v) is 15.7. The molecule has 0 spiro atoms. The molecule has 3 aromatic rings. The van der Waals surface area contributed by atoms with Crippen molar-refractivity contribution in [3.8, 4) is 5.75 Å². The lowest BCUT2D eigenvalue weighted by Crippen LogP contribution is -2.30. The van der Waals surface area contributed by atoms with Crippen molar-refractivity contribution in [3.63, 3.8) is 0 Å². The molecule has 1 aliphatic heterocycles. The molecule has 8 nitrogen and oxygen atoms in total. The fourth-order valence-corrected chi connectivity index (χ4v) is 3.33. The molecular formula is C21H21N3O5. The molecule has 1 aliphatic rings. The van der Waals surface area contributed by atoms with Crippen LogP contribution in [0, 0.1) is 5.92 Å². The number of hydrogen-bond acceptors (Lipinski definition) is 6. The summed E-state index contributed by atoms with van der Waals surface area (Å²) in [4.78, 5) is 24.9. The molecule has 1 saturated heterocycles. The number of rotatable bonds is 6. The van der Waals surface area contributed by atoms with Crippen LogP contribution in [-0.2, 0) is 11.3 Å². The highest BCUT2D eigenvalue weighted by Crippen LogP contribution is 2.23. The van der Waals surface area contributed by atoms with Gasteiger partial charge in [0, 0.05) is 25.1 Å². The Balaban J connectivity index is 1.24. The van der Waals surface area contributed by atoms with Gasteiger partial charge in [0.2, 0.25) is 0 Å². The second-order valence-corrected chi connectivity index (χ2v) is 7.02. The maximum atomic E-state index is 12.2. The summed E-state index contributed by atoms with van der Waals surface area (Å²) in [6, 6.07) is 15.5. The molecule has 29 heavy (non-hydrogen) atoms. The second kappa shape index (κ2) is 8.22. The summed E-state index contributed by atoms with van der Waals surface area (Å²) in [5, 5.41) is 5.81. The van der Waals surface area contributed by atoms with Crippen LogP contribution < -0.4 is 10.5 Å². The van der Waals surface area contributed by atoms with Gasteiger partial charge in [-0.2, -0.15) is 0 Å². The zero-order valence-electron chi connectivity index (χ0n) is 15.7. The lowest BCUT2D eigenvalue weighted by Gasteiger charge is -2.16. The summed E-state index contributed by atoms with van der Waals surface area (Å²) in [6.45, 7) is 1.60. The number of carbonyl (C=O) groups is 2. The summed E-state index contributed by atoms with van der Waals surface area (Å²) in [5.41, 5.74) is 5.11. The Morgan fingerprint density at radius 2 is 2.00 bits per heavy atom. The highest BCUT2D eigenvalue weighted by atomic mass is 16.6. The van der Waals surface area contributed by atoms with E-state index in [0.717, 1.165) is 17.6 Å². The molecule has 8 heteroatoms. The molecule has 4 rings (SSSR count). The van der Waals surface area contributed by atoms with Crippen molar-refractivity contribution in [2.45, 2.75) is 13.0 Å². The van der Waals surface area contributed by atoms with Gasteiger partial charge >= 0.3 is 6.09 Å². The van der Waals surface area contributed by atoms with E-state index >= 15 is 0 Å². The molecule has 1 atom stereocenters. The van der Waals surface area contributed by atoms with Crippen LogP contribution in [0.4, 0.5) is 4.79 Å². The Morgan fingerprint density at radius 1 is 1.17 bits per heavy atom. The van der Waals surface area contributed by atoms with Crippen LogP contribution in [0.5, 0.6) is 5.75 Å². The van der Waals surface area contributed by atoms with Crippen molar-refractivity contribution in [2.24, 2.45) is 11.7 Å². The number of likely N-dealkylation sites (tertiary alicyclic amines) is 1. The van der Waals surface area contributed by atoms with Crippen molar-refractivity contribution >= 4 is 22.8 Å². The lowest BCUT2D eigenvalue weighted by atomic mass is 10.1. The van der Waals surface area contributed by atoms with E-state index in [1.165, 1.54) is 11.5 Å². The van der Waals surface area contributed by atoms with Crippen molar-refractivity contribution in [1.29, 1.82) is 0 Å². The van der Waals surface area contributed by atoms with Crippen LogP contribution in [0.3, 0.4) is 0 Å². The number of hydrogen-bond donors (Lipinski definition) is 1. The third-order valence-corrected chi connectivity index (χ3v) is 4.90. The number of amides is 2. The molecule has 2 N–H and O–H groups in total. The van der Waals surface area contributed by atoms with Crippen LogP contribution in [0.2, 0.25) is 0 Å². The standard InChI is InChI=1S/C21H21N3O5/c22-20(25)19-10-18(29-23-19)13-28-21(26)24-8-7-14(11-24)12-27-17-6-5-15-3-1-2-4-16(15)9-17/h1-6,9-10,14H,7-8,11-13H2,(H2,22,25)/t14-/m1/s1. The lowest BCUT2D eigenvalue weighted by molar-refractivity contribution is 0.0924. The average Bonchev–Trinajstić information content (AvgIpc) is 3.40. The summed E-state index contributed by atoms with van der Waals surface area (Å²) in [6.07, 6.45) is 0.409. The normalized spacial score (nSPS) is 16.1. The number of nitrogens with two attached hydrogens (primary N) is 1. The third-order valence-electron chi connectivity index (χ3n) is 4.90. The smallest absolute Gasteiger partial charge is 0.410 e. The molecule has 0 unspecified atom stereocenters. The largest absolute Gasteiger partial charge is 0.493 e. The van der Waals surface area contributed by atoms with E-state index in [1.54, 1.807) is 4.90 Å². The van der Waals surface area contributed by atoms with Crippen LogP contribution in [0.25, 0.3) is 10.8 Å². The van der Waals surface area contributed by atoms with Gasteiger partial charge in [0.05, 0.1) is 6.61 Å². The number of aromatic nitrogens is 1. The topological polar surface area (TPSA) is 108 Å². The minimum Gasteiger partial charge on any atom is -0.493 e. The molecule has 2 amide bonds. The molecule has 150 valence electrons. The Kier molecular flexibility index (Phi) is 5.33. The molecule has 0 saturated carbocycles. The molecule has 0 aliphatic carbocycles. The highest BCUT2D eigenvalue weighted by Gasteiger charge is 2.28. The maximum Gasteiger partial charge on any atom is 0.410 e. The van der Waals surface area contributed by atoms with Gasteiger partial charge in [-0.05, 0) is 29.3 Å². The first-order valence-electron chi connectivity index (χ1n) is 9.37. The van der Waals surface area contributed by atoms with E-state index in [-0.39, 0.29) is 24.0 Å². The minimum atomic E-state index is -0.694. The van der Waals surface area contributed by atoms with Gasteiger partial charge in [0.25, 0.3) is 5.91 Å². The van der Waals surface area contributed by atoms with Crippen molar-refractivity contribution in [1.82, 2.24) is 10.1 Å². The minimum absolute atomic E-state index is 0.00289. The molecular weight excluding hydrogens is 374 g/mol. The van der Waals surface area contributed by atoms with Gasteiger partial charge in [-0.3, -0.25) is 4.79 Å². The van der Waals surface area contributed by atoms with Crippen molar-refractivity contribution in [3.05, 3.63) is 60.0 Å². The zero-order chi connectivity index (χ0) is 20.2. The Labute approximate surface area is 167 Å². The Morgan fingerprint density at radius 3 is 2.79 bits per heavy atom. The van der Waals surface area contributed by atoms with Gasteiger partial charge in [0.15, 0.2) is 18.1 Å². The molecule has 0 radical (unpaired) electrons. The SMILES string of the molecule is NC(=O)c1cc(COC(=O)N2CC[C@@H](COc3ccc4ccccc4c3)C2)on1. The quantitative estimate of drug-likeness (QED) is 0.687. The summed E-state index contributed by atoms with van der Waals surface area (Å²) in [5.74, 6) is 0.628. The second-order valence-electron chi connectivity index (χ2n) is 7.02. The van der Waals surface area contributed by atoms with E-state index in [1.807, 2.05) is 30.3 Å². The molecule has 1 fully saturated rings. The van der Waals surface area contributed by atoms with Crippen molar-refractivity contribution < 1.29 is 23.6 Å². The molecule has 2 aromatic carbocycles. The monoisotopic (exact) mass is 395 g/mol. The predicted octanol–water partition coefficient (Wildman–Crippen LogP) is 2.96. The van der Waals surface area contributed by atoms with Gasteiger partial charge in [0.1, 0.15) is 5.75 Å². The van der Waals surface area contributed by atoms with Crippen LogP contribution >= 0.6 is 0 Å². The predicted molar refractivity (Wildman–Crippen MR) is 104 cm³/mol. The van der Waals surface area contributed by atoms with E-state index in [0.29, 0.717) is 19.7 Å². The van der Waals surface area contributed by atoms with E-state index in [2.05, 4.69) is 17.3 Å². The fraction of sp³-hybridized carbons (Fsp3) is 0.286. The maximum absolute atomic E-state index is 12.2. The van der Waals surface area contributed by atoms with Gasteiger partial charge in [-0.1, -0.05) is 35.5 Å². The van der Waals surface area contributed by atoms with Crippen LogP contribution in [0.1, 0.15) is 22.7 Å². The van der Waals surface area contributed by atoms with Crippen molar-refractivity contribution in [2.75, 3.05) is 19.7 Å². The number of nitrogens with zero attached hydrogens (tertiary/aromatic N) is 2. The van der Waals surface area contributed by atoms with Gasteiger partial charge < -0.3 is 24.6 Å². The first-order valence-corrected chi connectivity index (χ1v) is 9.37. The summed E-state index contributed by atoms with van der Waals surface area (Å²) in [7, 11) is 0.